The molecule has 0 aliphatic carbocycles. The number of carbonyl (C=O) groups is 2. The summed E-state index contributed by atoms with van der Waals surface area (Å²) in [6.07, 6.45) is 4.15. The van der Waals surface area contributed by atoms with Crippen molar-refractivity contribution in [2.75, 3.05) is 25.1 Å². The van der Waals surface area contributed by atoms with Gasteiger partial charge in [0.1, 0.15) is 11.5 Å². The quantitative estimate of drug-likeness (QED) is 0.803. The topological polar surface area (TPSA) is 87.3 Å². The Balaban J connectivity index is 1.70. The van der Waals surface area contributed by atoms with Gasteiger partial charge in [0.2, 0.25) is 0 Å². The van der Waals surface area contributed by atoms with Crippen molar-refractivity contribution in [1.29, 1.82) is 0 Å². The van der Waals surface area contributed by atoms with E-state index in [0.717, 1.165) is 24.5 Å². The Hall–Kier alpha value is -2.83. The van der Waals surface area contributed by atoms with Crippen molar-refractivity contribution in [3.63, 3.8) is 0 Å². The monoisotopic (exact) mass is 356 g/mol. The van der Waals surface area contributed by atoms with Gasteiger partial charge in [0.25, 0.3) is 5.91 Å². The molecule has 0 atom stereocenters. The van der Waals surface area contributed by atoms with Gasteiger partial charge in [-0.1, -0.05) is 0 Å². The first-order chi connectivity index (χ1) is 12.5. The zero-order valence-electron chi connectivity index (χ0n) is 15.4. The van der Waals surface area contributed by atoms with Gasteiger partial charge < -0.3 is 19.9 Å². The van der Waals surface area contributed by atoms with Gasteiger partial charge in [-0.05, 0) is 49.9 Å². The maximum absolute atomic E-state index is 12.5. The van der Waals surface area contributed by atoms with Gasteiger partial charge in [-0.25, -0.2) is 9.78 Å². The number of rotatable bonds is 5. The lowest BCUT2D eigenvalue weighted by Crippen LogP contribution is -2.24. The number of pyridine rings is 1. The van der Waals surface area contributed by atoms with Gasteiger partial charge in [-0.3, -0.25) is 4.79 Å². The molecule has 0 radical (unpaired) electrons. The van der Waals surface area contributed by atoms with E-state index in [0.29, 0.717) is 29.1 Å². The minimum absolute atomic E-state index is 0.250. The third-order valence-corrected chi connectivity index (χ3v) is 4.75. The van der Waals surface area contributed by atoms with Gasteiger partial charge in [-0.15, -0.1) is 0 Å². The molecule has 0 spiro atoms. The number of nitrogens with zero attached hydrogens (tertiary/aromatic N) is 2. The van der Waals surface area contributed by atoms with E-state index in [1.807, 2.05) is 12.1 Å². The van der Waals surface area contributed by atoms with E-state index in [9.17, 15) is 9.59 Å². The third-order valence-electron chi connectivity index (χ3n) is 4.75. The molecule has 3 heterocycles. The van der Waals surface area contributed by atoms with Crippen LogP contribution >= 0.6 is 0 Å². The molecule has 1 aliphatic heterocycles. The fourth-order valence-corrected chi connectivity index (χ4v) is 3.35. The smallest absolute Gasteiger partial charge is 0.339 e. The van der Waals surface area contributed by atoms with Crippen LogP contribution in [-0.2, 0) is 11.3 Å². The SMILES string of the molecule is COC(=O)c1c(C)[nH]c(C(=O)NCc2ccnc(N3CCCC3)c2)c1C. The van der Waals surface area contributed by atoms with Crippen LogP contribution in [-0.4, -0.2) is 42.0 Å². The number of aromatic nitrogens is 2. The van der Waals surface area contributed by atoms with E-state index in [1.54, 1.807) is 20.0 Å². The van der Waals surface area contributed by atoms with E-state index < -0.39 is 5.97 Å². The standard InChI is InChI=1S/C19H24N4O3/c1-12-16(19(25)26-3)13(2)22-17(12)18(24)21-11-14-6-7-20-15(10-14)23-8-4-5-9-23/h6-7,10,22H,4-5,8-9,11H2,1-3H3,(H,21,24). The Morgan fingerprint density at radius 1 is 1.31 bits per heavy atom. The lowest BCUT2D eigenvalue weighted by atomic mass is 10.1. The number of aromatic amines is 1. The van der Waals surface area contributed by atoms with Crippen LogP contribution in [0.1, 0.15) is 50.5 Å². The zero-order chi connectivity index (χ0) is 18.7. The summed E-state index contributed by atoms with van der Waals surface area (Å²) < 4.78 is 4.78. The van der Waals surface area contributed by atoms with Crippen LogP contribution in [0.25, 0.3) is 0 Å². The van der Waals surface area contributed by atoms with Crippen molar-refractivity contribution in [3.05, 3.63) is 46.4 Å². The molecule has 0 unspecified atom stereocenters. The first-order valence-corrected chi connectivity index (χ1v) is 8.76. The van der Waals surface area contributed by atoms with Gasteiger partial charge >= 0.3 is 5.97 Å². The van der Waals surface area contributed by atoms with Crippen LogP contribution in [0.4, 0.5) is 5.82 Å². The lowest BCUT2D eigenvalue weighted by Gasteiger charge is -2.17. The number of esters is 1. The van der Waals surface area contributed by atoms with Crippen LogP contribution in [0.2, 0.25) is 0 Å². The van der Waals surface area contributed by atoms with E-state index >= 15 is 0 Å². The lowest BCUT2D eigenvalue weighted by molar-refractivity contribution is 0.0599. The zero-order valence-corrected chi connectivity index (χ0v) is 15.4. The van der Waals surface area contributed by atoms with E-state index in [1.165, 1.54) is 20.0 Å². The Morgan fingerprint density at radius 3 is 2.73 bits per heavy atom. The molecule has 138 valence electrons. The highest BCUT2D eigenvalue weighted by Crippen LogP contribution is 2.20. The molecule has 0 saturated carbocycles. The first kappa shape index (κ1) is 18.0. The summed E-state index contributed by atoms with van der Waals surface area (Å²) >= 11 is 0. The summed E-state index contributed by atoms with van der Waals surface area (Å²) in [4.78, 5) is 34.0. The summed E-state index contributed by atoms with van der Waals surface area (Å²) in [7, 11) is 1.33. The van der Waals surface area contributed by atoms with Gasteiger partial charge in [-0.2, -0.15) is 0 Å². The first-order valence-electron chi connectivity index (χ1n) is 8.76. The Labute approximate surface area is 152 Å². The van der Waals surface area contributed by atoms with Gasteiger partial charge in [0, 0.05) is 31.5 Å². The number of aryl methyl sites for hydroxylation is 1. The fraction of sp³-hybridized carbons (Fsp3) is 0.421. The summed E-state index contributed by atoms with van der Waals surface area (Å²) in [5, 5.41) is 2.90. The maximum atomic E-state index is 12.5. The van der Waals surface area contributed by atoms with E-state index in [2.05, 4.69) is 20.2 Å². The van der Waals surface area contributed by atoms with Crippen LogP contribution < -0.4 is 10.2 Å². The minimum Gasteiger partial charge on any atom is -0.465 e. The van der Waals surface area contributed by atoms with Gasteiger partial charge in [0.05, 0.1) is 12.7 Å². The van der Waals surface area contributed by atoms with Crippen molar-refractivity contribution >= 4 is 17.7 Å². The normalized spacial score (nSPS) is 13.7. The summed E-state index contributed by atoms with van der Waals surface area (Å²) in [5.74, 6) is 0.258. The Bertz CT molecular complexity index is 822. The van der Waals surface area contributed by atoms with Crippen molar-refractivity contribution in [3.8, 4) is 0 Å². The highest BCUT2D eigenvalue weighted by molar-refractivity contribution is 6.00. The molecule has 1 fully saturated rings. The van der Waals surface area contributed by atoms with E-state index in [-0.39, 0.29) is 5.91 Å². The number of carbonyl (C=O) groups excluding carboxylic acids is 2. The molecule has 7 heteroatoms. The third kappa shape index (κ3) is 3.56. The number of ether oxygens (including phenoxy) is 1. The predicted octanol–water partition coefficient (Wildman–Crippen LogP) is 2.34. The number of H-pyrrole nitrogens is 1. The second-order valence-electron chi connectivity index (χ2n) is 6.52. The molecule has 26 heavy (non-hydrogen) atoms. The summed E-state index contributed by atoms with van der Waals surface area (Å²) in [6, 6.07) is 3.91. The molecular weight excluding hydrogens is 332 g/mol. The molecule has 2 aromatic rings. The van der Waals surface area contributed by atoms with Crippen molar-refractivity contribution in [2.24, 2.45) is 0 Å². The number of hydrogen-bond donors (Lipinski definition) is 2. The molecule has 2 N–H and O–H groups in total. The molecule has 1 amide bonds. The van der Waals surface area contributed by atoms with Gasteiger partial charge in [0.15, 0.2) is 0 Å². The fourth-order valence-electron chi connectivity index (χ4n) is 3.35. The number of methoxy groups -OCH3 is 1. The largest absolute Gasteiger partial charge is 0.465 e. The Morgan fingerprint density at radius 2 is 2.04 bits per heavy atom. The van der Waals surface area contributed by atoms with Crippen molar-refractivity contribution in [1.82, 2.24) is 15.3 Å². The van der Waals surface area contributed by atoms with E-state index in [4.69, 9.17) is 4.74 Å². The number of hydrogen-bond acceptors (Lipinski definition) is 5. The minimum atomic E-state index is -0.445. The van der Waals surface area contributed by atoms with Crippen LogP contribution in [0.5, 0.6) is 0 Å². The number of amides is 1. The highest BCUT2D eigenvalue weighted by Gasteiger charge is 2.22. The molecule has 0 bridgehead atoms. The average Bonchev–Trinajstić information content (AvgIpc) is 3.28. The summed E-state index contributed by atoms with van der Waals surface area (Å²) in [5.41, 5.74) is 3.01. The molecule has 2 aromatic heterocycles. The van der Waals surface area contributed by atoms with Crippen LogP contribution in [0.3, 0.4) is 0 Å². The predicted molar refractivity (Wildman–Crippen MR) is 98.5 cm³/mol. The number of anilines is 1. The second kappa shape index (κ2) is 7.59. The molecule has 1 saturated heterocycles. The highest BCUT2D eigenvalue weighted by atomic mass is 16.5. The maximum Gasteiger partial charge on any atom is 0.339 e. The van der Waals surface area contributed by atoms with Crippen molar-refractivity contribution < 1.29 is 14.3 Å². The molecule has 1 aliphatic rings. The Kier molecular flexibility index (Phi) is 5.25. The van der Waals surface area contributed by atoms with Crippen LogP contribution in [0, 0.1) is 13.8 Å². The van der Waals surface area contributed by atoms with Crippen LogP contribution in [0.15, 0.2) is 18.3 Å². The van der Waals surface area contributed by atoms with Crippen molar-refractivity contribution in [2.45, 2.75) is 33.2 Å². The molecular formula is C19H24N4O3. The molecule has 7 nitrogen and oxygen atoms in total. The summed E-state index contributed by atoms with van der Waals surface area (Å²) in [6.45, 7) is 5.94. The molecule has 0 aromatic carbocycles. The average molecular weight is 356 g/mol. The second-order valence-corrected chi connectivity index (χ2v) is 6.52. The molecule has 3 rings (SSSR count). The number of nitrogens with one attached hydrogen (secondary N) is 2.